The topological polar surface area (TPSA) is 27.6 Å². The summed E-state index contributed by atoms with van der Waals surface area (Å²) in [6.45, 7) is 6.16. The Kier molecular flexibility index (Phi) is 2.05. The fourth-order valence-electron chi connectivity index (χ4n) is 0.817. The normalized spacial score (nSPS) is 17.9. The van der Waals surface area contributed by atoms with E-state index in [4.69, 9.17) is 0 Å². The van der Waals surface area contributed by atoms with Gasteiger partial charge in [-0.3, -0.25) is 10.0 Å². The third-order valence-corrected chi connectivity index (χ3v) is 1.15. The van der Waals surface area contributed by atoms with Gasteiger partial charge in [0.25, 0.3) is 0 Å². The first-order chi connectivity index (χ1) is 4.29. The zero-order chi connectivity index (χ0) is 6.69. The molecule has 1 rings (SSSR count). The SMILES string of the molecule is CC(C)CN1C=NCN1. The maximum absolute atomic E-state index is 4.01. The number of hydrazine groups is 1. The average Bonchev–Trinajstić information content (AvgIpc) is 2.15. The summed E-state index contributed by atoms with van der Waals surface area (Å²) in [5.74, 6) is 0.696. The molecule has 3 nitrogen and oxygen atoms in total. The van der Waals surface area contributed by atoms with Gasteiger partial charge in [-0.15, -0.1) is 0 Å². The summed E-state index contributed by atoms with van der Waals surface area (Å²) in [6.07, 6.45) is 1.85. The van der Waals surface area contributed by atoms with Crippen LogP contribution in [0.1, 0.15) is 13.8 Å². The molecule has 52 valence electrons. The quantitative estimate of drug-likeness (QED) is 0.583. The minimum Gasteiger partial charge on any atom is -0.297 e. The fourth-order valence-corrected chi connectivity index (χ4v) is 0.817. The van der Waals surface area contributed by atoms with E-state index in [0.29, 0.717) is 5.92 Å². The van der Waals surface area contributed by atoms with Gasteiger partial charge in [0.2, 0.25) is 0 Å². The first kappa shape index (κ1) is 6.55. The molecule has 0 aromatic heterocycles. The van der Waals surface area contributed by atoms with Crippen LogP contribution in [0.5, 0.6) is 0 Å². The molecule has 9 heavy (non-hydrogen) atoms. The molecule has 0 unspecified atom stereocenters. The van der Waals surface area contributed by atoms with Crippen molar-refractivity contribution < 1.29 is 0 Å². The average molecular weight is 127 g/mol. The molecule has 1 heterocycles. The highest BCUT2D eigenvalue weighted by molar-refractivity contribution is 5.55. The third-order valence-electron chi connectivity index (χ3n) is 1.15. The lowest BCUT2D eigenvalue weighted by atomic mass is 10.2. The van der Waals surface area contributed by atoms with Gasteiger partial charge < -0.3 is 0 Å². The molecular weight excluding hydrogens is 114 g/mol. The van der Waals surface area contributed by atoms with Crippen LogP contribution >= 0.6 is 0 Å². The molecule has 0 atom stereocenters. The third kappa shape index (κ3) is 2.01. The molecule has 1 aliphatic rings. The number of nitrogens with one attached hydrogen (secondary N) is 1. The summed E-state index contributed by atoms with van der Waals surface area (Å²) >= 11 is 0. The number of aliphatic imine (C=N–C) groups is 1. The molecule has 0 amide bonds. The maximum Gasteiger partial charge on any atom is 0.107 e. The van der Waals surface area contributed by atoms with Crippen molar-refractivity contribution in [2.75, 3.05) is 13.2 Å². The van der Waals surface area contributed by atoms with Gasteiger partial charge in [-0.1, -0.05) is 13.8 Å². The van der Waals surface area contributed by atoms with Crippen molar-refractivity contribution in [1.29, 1.82) is 0 Å². The van der Waals surface area contributed by atoms with E-state index >= 15 is 0 Å². The lowest BCUT2D eigenvalue weighted by Crippen LogP contribution is -2.34. The van der Waals surface area contributed by atoms with E-state index in [1.807, 2.05) is 11.3 Å². The monoisotopic (exact) mass is 127 g/mol. The van der Waals surface area contributed by atoms with Gasteiger partial charge in [-0.25, -0.2) is 5.43 Å². The van der Waals surface area contributed by atoms with Crippen molar-refractivity contribution in [3.63, 3.8) is 0 Å². The van der Waals surface area contributed by atoms with Crippen LogP contribution in [0, 0.1) is 5.92 Å². The first-order valence-corrected chi connectivity index (χ1v) is 3.29. The standard InChI is InChI=1S/C6H13N3/c1-6(2)3-9-5-7-4-8-9/h5-6,8H,3-4H2,1-2H3. The van der Waals surface area contributed by atoms with Gasteiger partial charge in [0.1, 0.15) is 13.0 Å². The van der Waals surface area contributed by atoms with Crippen LogP contribution in [0.15, 0.2) is 4.99 Å². The fraction of sp³-hybridized carbons (Fsp3) is 0.833. The molecule has 0 radical (unpaired) electrons. The highest BCUT2D eigenvalue weighted by Gasteiger charge is 2.04. The summed E-state index contributed by atoms with van der Waals surface area (Å²) in [7, 11) is 0. The van der Waals surface area contributed by atoms with Crippen LogP contribution in [-0.2, 0) is 0 Å². The van der Waals surface area contributed by atoms with Gasteiger partial charge >= 0.3 is 0 Å². The van der Waals surface area contributed by atoms with E-state index in [1.54, 1.807) is 0 Å². The Morgan fingerprint density at radius 1 is 1.78 bits per heavy atom. The zero-order valence-corrected chi connectivity index (χ0v) is 5.96. The van der Waals surface area contributed by atoms with Crippen LogP contribution in [0.3, 0.4) is 0 Å². The Bertz CT molecular complexity index is 109. The molecule has 1 aliphatic heterocycles. The van der Waals surface area contributed by atoms with E-state index in [9.17, 15) is 0 Å². The van der Waals surface area contributed by atoms with Crippen molar-refractivity contribution in [3.8, 4) is 0 Å². The van der Waals surface area contributed by atoms with E-state index in [-0.39, 0.29) is 0 Å². The highest BCUT2D eigenvalue weighted by atomic mass is 15.6. The van der Waals surface area contributed by atoms with Crippen LogP contribution in [0.2, 0.25) is 0 Å². The van der Waals surface area contributed by atoms with Gasteiger partial charge in [0.05, 0.1) is 0 Å². The maximum atomic E-state index is 4.01. The molecule has 3 heteroatoms. The number of nitrogens with zero attached hydrogens (tertiary/aromatic N) is 2. The Morgan fingerprint density at radius 3 is 3.00 bits per heavy atom. The predicted molar refractivity (Wildman–Crippen MR) is 38.0 cm³/mol. The Morgan fingerprint density at radius 2 is 2.56 bits per heavy atom. The number of hydrogen-bond donors (Lipinski definition) is 1. The summed E-state index contributed by atoms with van der Waals surface area (Å²) < 4.78 is 0. The van der Waals surface area contributed by atoms with Crippen molar-refractivity contribution >= 4 is 6.34 Å². The Balaban J connectivity index is 2.20. The van der Waals surface area contributed by atoms with Gasteiger partial charge in [-0.2, -0.15) is 0 Å². The summed E-state index contributed by atoms with van der Waals surface area (Å²) in [5, 5.41) is 2.02. The summed E-state index contributed by atoms with van der Waals surface area (Å²) in [6, 6.07) is 0. The summed E-state index contributed by atoms with van der Waals surface area (Å²) in [5.41, 5.74) is 3.10. The molecule has 0 saturated heterocycles. The smallest absolute Gasteiger partial charge is 0.107 e. The number of hydrogen-bond acceptors (Lipinski definition) is 3. The Hall–Kier alpha value is -0.570. The van der Waals surface area contributed by atoms with E-state index in [1.165, 1.54) is 0 Å². The molecular formula is C6H13N3. The second-order valence-corrected chi connectivity index (χ2v) is 2.66. The molecule has 0 fully saturated rings. The van der Waals surface area contributed by atoms with Gasteiger partial charge in [0, 0.05) is 6.54 Å². The van der Waals surface area contributed by atoms with Crippen LogP contribution < -0.4 is 5.43 Å². The Labute approximate surface area is 55.7 Å². The van der Waals surface area contributed by atoms with Crippen molar-refractivity contribution in [3.05, 3.63) is 0 Å². The van der Waals surface area contributed by atoms with Crippen molar-refractivity contribution in [2.45, 2.75) is 13.8 Å². The molecule has 0 aromatic carbocycles. The van der Waals surface area contributed by atoms with E-state index in [0.717, 1.165) is 13.2 Å². The molecule has 0 spiro atoms. The van der Waals surface area contributed by atoms with Crippen LogP contribution in [-0.4, -0.2) is 24.6 Å². The van der Waals surface area contributed by atoms with E-state index in [2.05, 4.69) is 24.3 Å². The molecule has 0 aliphatic carbocycles. The van der Waals surface area contributed by atoms with Crippen molar-refractivity contribution in [1.82, 2.24) is 10.4 Å². The van der Waals surface area contributed by atoms with Gasteiger partial charge in [0.15, 0.2) is 0 Å². The summed E-state index contributed by atoms with van der Waals surface area (Å²) in [4.78, 5) is 4.01. The molecule has 0 bridgehead atoms. The molecule has 0 aromatic rings. The lowest BCUT2D eigenvalue weighted by Gasteiger charge is -2.15. The molecule has 1 N–H and O–H groups in total. The van der Waals surface area contributed by atoms with Crippen molar-refractivity contribution in [2.24, 2.45) is 10.9 Å². The second kappa shape index (κ2) is 2.82. The largest absolute Gasteiger partial charge is 0.297 e. The van der Waals surface area contributed by atoms with Crippen LogP contribution in [0.4, 0.5) is 0 Å². The van der Waals surface area contributed by atoms with Gasteiger partial charge in [-0.05, 0) is 5.92 Å². The van der Waals surface area contributed by atoms with E-state index < -0.39 is 0 Å². The predicted octanol–water partition coefficient (Wildman–Crippen LogP) is 0.448. The minimum atomic E-state index is 0.696. The molecule has 0 saturated carbocycles. The second-order valence-electron chi connectivity index (χ2n) is 2.66. The zero-order valence-electron chi connectivity index (χ0n) is 5.96. The number of rotatable bonds is 2. The lowest BCUT2D eigenvalue weighted by molar-refractivity contribution is 0.310. The minimum absolute atomic E-state index is 0.696. The first-order valence-electron chi connectivity index (χ1n) is 3.29. The highest BCUT2D eigenvalue weighted by Crippen LogP contribution is 1.95. The van der Waals surface area contributed by atoms with Crippen LogP contribution in [0.25, 0.3) is 0 Å².